The Hall–Kier alpha value is -1.93. The molecule has 0 aromatic heterocycles. The van der Waals surface area contributed by atoms with Gasteiger partial charge in [-0.15, -0.1) is 0 Å². The Kier molecular flexibility index (Phi) is 8.24. The van der Waals surface area contributed by atoms with Gasteiger partial charge < -0.3 is 14.8 Å². The zero-order valence-electron chi connectivity index (χ0n) is 15.3. The average Bonchev–Trinajstić information content (AvgIpc) is 2.67. The molecule has 0 aliphatic heterocycles. The van der Waals surface area contributed by atoms with Gasteiger partial charge in [0.15, 0.2) is 6.29 Å². The highest BCUT2D eigenvalue weighted by atomic mass is 79.9. The Labute approximate surface area is 172 Å². The number of aryl methyl sites for hydroxylation is 1. The third-order valence-corrected chi connectivity index (χ3v) is 5.28. The number of anilines is 1. The molecule has 0 spiro atoms. The number of hydrazone groups is 1. The predicted octanol–water partition coefficient (Wildman–Crippen LogP) is 4.58. The lowest BCUT2D eigenvalue weighted by molar-refractivity contribution is -0.0970. The number of ether oxygens (including phenoxy) is 2. The van der Waals surface area contributed by atoms with E-state index in [4.69, 9.17) is 21.1 Å². The van der Waals surface area contributed by atoms with Crippen molar-refractivity contribution in [3.05, 3.63) is 63.1 Å². The highest BCUT2D eigenvalue weighted by Gasteiger charge is 2.18. The van der Waals surface area contributed by atoms with Crippen LogP contribution in [0.5, 0.6) is 0 Å². The first-order valence-corrected chi connectivity index (χ1v) is 9.31. The fraction of sp³-hybridized carbons (Fsp3) is 0.263. The van der Waals surface area contributed by atoms with Crippen molar-refractivity contribution in [2.45, 2.75) is 13.2 Å². The number of methoxy groups -OCH3 is 2. The van der Waals surface area contributed by atoms with E-state index in [2.05, 4.69) is 26.3 Å². The highest BCUT2D eigenvalue weighted by molar-refractivity contribution is 9.10. The summed E-state index contributed by atoms with van der Waals surface area (Å²) in [5.74, 6) is 0. The second-order valence-corrected chi connectivity index (χ2v) is 6.81. The number of nitrogens with zero attached hydrogens (tertiary/aromatic N) is 2. The Morgan fingerprint density at radius 2 is 1.96 bits per heavy atom. The maximum absolute atomic E-state index is 12.7. The zero-order valence-corrected chi connectivity index (χ0v) is 17.6. The number of nitrogens with one attached hydrogen (secondary N) is 1. The molecule has 0 unspecified atom stereocenters. The standard InChI is InChI=1S/C19H21BrClN3O3/c1-13-9-15(10-16(21)18(13)20)24(19(25)22-12-17(26-2)27-3)23-11-14-7-5-4-6-8-14/h4-11,17H,12H2,1-3H3,(H,22,25). The smallest absolute Gasteiger partial charge is 0.342 e. The van der Waals surface area contributed by atoms with Gasteiger partial charge in [-0.25, -0.2) is 4.79 Å². The van der Waals surface area contributed by atoms with E-state index in [1.54, 1.807) is 12.3 Å². The Bertz CT molecular complexity index is 775. The molecule has 0 heterocycles. The minimum absolute atomic E-state index is 0.173. The summed E-state index contributed by atoms with van der Waals surface area (Å²) in [6.07, 6.45) is 1.05. The number of urea groups is 1. The molecule has 2 amide bonds. The minimum Gasteiger partial charge on any atom is -0.354 e. The summed E-state index contributed by atoms with van der Waals surface area (Å²) < 4.78 is 11.0. The van der Waals surface area contributed by atoms with Crippen LogP contribution in [0.15, 0.2) is 52.0 Å². The first-order valence-electron chi connectivity index (χ1n) is 8.14. The normalized spacial score (nSPS) is 11.2. The van der Waals surface area contributed by atoms with Crippen molar-refractivity contribution in [1.82, 2.24) is 5.32 Å². The number of amides is 2. The predicted molar refractivity (Wildman–Crippen MR) is 112 cm³/mol. The van der Waals surface area contributed by atoms with E-state index in [1.165, 1.54) is 19.2 Å². The number of carbonyl (C=O) groups is 1. The fourth-order valence-electron chi connectivity index (χ4n) is 2.24. The molecule has 0 aliphatic carbocycles. The molecule has 0 aliphatic rings. The van der Waals surface area contributed by atoms with E-state index >= 15 is 0 Å². The van der Waals surface area contributed by atoms with Gasteiger partial charge in [0.2, 0.25) is 0 Å². The van der Waals surface area contributed by atoms with E-state index in [0.717, 1.165) is 15.6 Å². The number of hydrogen-bond donors (Lipinski definition) is 1. The Morgan fingerprint density at radius 1 is 1.30 bits per heavy atom. The molecule has 6 nitrogen and oxygen atoms in total. The molecule has 144 valence electrons. The van der Waals surface area contributed by atoms with Crippen LogP contribution in [0, 0.1) is 6.92 Å². The Morgan fingerprint density at radius 3 is 2.56 bits per heavy atom. The lowest BCUT2D eigenvalue weighted by Gasteiger charge is -2.21. The zero-order chi connectivity index (χ0) is 19.8. The summed E-state index contributed by atoms with van der Waals surface area (Å²) in [5, 5.41) is 8.83. The molecular formula is C19H21BrClN3O3. The van der Waals surface area contributed by atoms with Crippen molar-refractivity contribution >= 4 is 45.5 Å². The van der Waals surface area contributed by atoms with E-state index in [1.807, 2.05) is 43.3 Å². The van der Waals surface area contributed by atoms with Gasteiger partial charge >= 0.3 is 6.03 Å². The van der Waals surface area contributed by atoms with Crippen molar-refractivity contribution < 1.29 is 14.3 Å². The molecule has 1 N–H and O–H groups in total. The van der Waals surface area contributed by atoms with E-state index in [-0.39, 0.29) is 6.54 Å². The van der Waals surface area contributed by atoms with Gasteiger partial charge in [-0.05, 0) is 46.1 Å². The van der Waals surface area contributed by atoms with Crippen molar-refractivity contribution in [2.75, 3.05) is 25.8 Å². The molecule has 0 bridgehead atoms. The van der Waals surface area contributed by atoms with Crippen LogP contribution in [0.2, 0.25) is 5.02 Å². The number of benzene rings is 2. The highest BCUT2D eigenvalue weighted by Crippen LogP contribution is 2.31. The molecule has 8 heteroatoms. The molecular weight excluding hydrogens is 434 g/mol. The summed E-state index contributed by atoms with van der Waals surface area (Å²) in [7, 11) is 3.01. The maximum atomic E-state index is 12.7. The van der Waals surface area contributed by atoms with Crippen molar-refractivity contribution in [3.8, 4) is 0 Å². The summed E-state index contributed by atoms with van der Waals surface area (Å²) in [6.45, 7) is 2.06. The van der Waals surface area contributed by atoms with Gasteiger partial charge in [0.05, 0.1) is 23.5 Å². The van der Waals surface area contributed by atoms with Crippen molar-refractivity contribution in [1.29, 1.82) is 0 Å². The monoisotopic (exact) mass is 453 g/mol. The molecule has 0 fully saturated rings. The molecule has 27 heavy (non-hydrogen) atoms. The summed E-state index contributed by atoms with van der Waals surface area (Å²) in [6, 6.07) is 12.6. The number of halogens is 2. The lowest BCUT2D eigenvalue weighted by Crippen LogP contribution is -2.41. The number of rotatable bonds is 7. The van der Waals surface area contributed by atoms with Crippen LogP contribution in [-0.4, -0.2) is 39.3 Å². The minimum atomic E-state index is -0.552. The van der Waals surface area contributed by atoms with Gasteiger partial charge in [0.1, 0.15) is 0 Å². The quantitative estimate of drug-likeness (QED) is 0.378. The summed E-state index contributed by atoms with van der Waals surface area (Å²) >= 11 is 9.68. The SMILES string of the molecule is COC(CNC(=O)N(N=Cc1ccccc1)c1cc(C)c(Br)c(Cl)c1)OC. The van der Waals surface area contributed by atoms with E-state index in [9.17, 15) is 4.79 Å². The molecule has 0 radical (unpaired) electrons. The average molecular weight is 455 g/mol. The van der Waals surface area contributed by atoms with Crippen LogP contribution >= 0.6 is 27.5 Å². The molecule has 2 rings (SSSR count). The first-order chi connectivity index (χ1) is 13.0. The van der Waals surface area contributed by atoms with Crippen LogP contribution in [0.25, 0.3) is 0 Å². The number of carbonyl (C=O) groups excluding carboxylic acids is 1. The molecule has 2 aromatic carbocycles. The topological polar surface area (TPSA) is 63.2 Å². The second-order valence-electron chi connectivity index (χ2n) is 5.61. The van der Waals surface area contributed by atoms with Crippen LogP contribution < -0.4 is 10.3 Å². The Balaban J connectivity index is 2.30. The maximum Gasteiger partial charge on any atom is 0.342 e. The lowest BCUT2D eigenvalue weighted by atomic mass is 10.2. The molecule has 2 aromatic rings. The van der Waals surface area contributed by atoms with E-state index in [0.29, 0.717) is 10.7 Å². The van der Waals surface area contributed by atoms with Crippen molar-refractivity contribution in [3.63, 3.8) is 0 Å². The molecule has 0 saturated heterocycles. The van der Waals surface area contributed by atoms with Gasteiger partial charge in [0, 0.05) is 18.7 Å². The fourth-order valence-corrected chi connectivity index (χ4v) is 2.73. The van der Waals surface area contributed by atoms with Gasteiger partial charge in [0.25, 0.3) is 0 Å². The van der Waals surface area contributed by atoms with Gasteiger partial charge in [-0.1, -0.05) is 41.9 Å². The van der Waals surface area contributed by atoms with Crippen molar-refractivity contribution in [2.24, 2.45) is 5.10 Å². The van der Waals surface area contributed by atoms with Crippen LogP contribution in [0.1, 0.15) is 11.1 Å². The summed E-state index contributed by atoms with van der Waals surface area (Å²) in [5.41, 5.74) is 2.29. The van der Waals surface area contributed by atoms with Gasteiger partial charge in [-0.3, -0.25) is 0 Å². The second kappa shape index (κ2) is 10.4. The van der Waals surface area contributed by atoms with E-state index < -0.39 is 12.3 Å². The first kappa shape index (κ1) is 21.4. The third-order valence-electron chi connectivity index (χ3n) is 3.70. The largest absolute Gasteiger partial charge is 0.354 e. The summed E-state index contributed by atoms with van der Waals surface area (Å²) in [4.78, 5) is 12.7. The van der Waals surface area contributed by atoms with Crippen LogP contribution in [0.4, 0.5) is 10.5 Å². The van der Waals surface area contributed by atoms with Crippen LogP contribution in [0.3, 0.4) is 0 Å². The molecule has 0 atom stereocenters. The third kappa shape index (κ3) is 6.04. The van der Waals surface area contributed by atoms with Crippen LogP contribution in [-0.2, 0) is 9.47 Å². The van der Waals surface area contributed by atoms with Gasteiger partial charge in [-0.2, -0.15) is 10.1 Å². The number of hydrogen-bond acceptors (Lipinski definition) is 4. The molecule has 0 saturated carbocycles.